The van der Waals surface area contributed by atoms with Crippen molar-refractivity contribution in [2.75, 3.05) is 6.54 Å². The number of carbonyl (C=O) groups excluding carboxylic acids is 2. The van der Waals surface area contributed by atoms with Gasteiger partial charge >= 0.3 is 5.97 Å². The topological polar surface area (TPSA) is 46.6 Å². The SMILES string of the molecule is [CH2]C(=O)C1CCCN1OC(=O)C(C)(C)C. The number of rotatable bonds is 2. The van der Waals surface area contributed by atoms with Gasteiger partial charge in [0.15, 0.2) is 5.78 Å². The highest BCUT2D eigenvalue weighted by molar-refractivity contribution is 5.88. The molecule has 0 amide bonds. The number of ketones is 1. The zero-order valence-electron chi connectivity index (χ0n) is 9.58. The molecule has 0 bridgehead atoms. The van der Waals surface area contributed by atoms with Gasteiger partial charge in [-0.1, -0.05) is 0 Å². The Morgan fingerprint density at radius 2 is 2.00 bits per heavy atom. The molecule has 1 atom stereocenters. The number of carbonyl (C=O) groups is 2. The van der Waals surface area contributed by atoms with Gasteiger partial charge in [0, 0.05) is 13.5 Å². The Kier molecular flexibility index (Phi) is 3.50. The molecule has 1 aliphatic rings. The second kappa shape index (κ2) is 4.31. The maximum atomic E-state index is 11.6. The second-order valence-corrected chi connectivity index (χ2v) is 4.89. The average molecular weight is 212 g/mol. The lowest BCUT2D eigenvalue weighted by Crippen LogP contribution is -2.39. The van der Waals surface area contributed by atoms with E-state index in [0.29, 0.717) is 6.54 Å². The minimum absolute atomic E-state index is 0.186. The van der Waals surface area contributed by atoms with E-state index in [1.165, 1.54) is 5.06 Å². The molecule has 1 fully saturated rings. The molecule has 1 saturated heterocycles. The first-order valence-electron chi connectivity index (χ1n) is 5.17. The fourth-order valence-corrected chi connectivity index (χ4v) is 1.41. The number of hydroxylamine groups is 2. The van der Waals surface area contributed by atoms with E-state index >= 15 is 0 Å². The molecular formula is C11H18NO3. The van der Waals surface area contributed by atoms with E-state index in [-0.39, 0.29) is 17.8 Å². The van der Waals surface area contributed by atoms with Crippen LogP contribution in [-0.2, 0) is 14.4 Å². The smallest absolute Gasteiger partial charge is 0.330 e. The largest absolute Gasteiger partial charge is 0.367 e. The number of hydrogen-bond acceptors (Lipinski definition) is 4. The maximum Gasteiger partial charge on any atom is 0.330 e. The molecule has 0 spiro atoms. The summed E-state index contributed by atoms with van der Waals surface area (Å²) < 4.78 is 0. The quantitative estimate of drug-likeness (QED) is 0.693. The Morgan fingerprint density at radius 1 is 1.40 bits per heavy atom. The van der Waals surface area contributed by atoms with Gasteiger partial charge in [-0.15, -0.1) is 5.06 Å². The highest BCUT2D eigenvalue weighted by atomic mass is 16.7. The molecule has 1 aliphatic heterocycles. The lowest BCUT2D eigenvalue weighted by Gasteiger charge is -2.25. The Labute approximate surface area is 90.5 Å². The standard InChI is InChI=1S/C11H18NO3/c1-8(13)9-6-5-7-12(9)15-10(14)11(2,3)4/h9H,1,5-7H2,2-4H3. The van der Waals surface area contributed by atoms with Crippen LogP contribution in [0.2, 0.25) is 0 Å². The van der Waals surface area contributed by atoms with Crippen molar-refractivity contribution in [1.82, 2.24) is 5.06 Å². The third-order valence-electron chi connectivity index (χ3n) is 2.39. The summed E-state index contributed by atoms with van der Waals surface area (Å²) in [6.07, 6.45) is 1.59. The first kappa shape index (κ1) is 12.2. The molecule has 0 aromatic rings. The summed E-state index contributed by atoms with van der Waals surface area (Å²) >= 11 is 0. The normalized spacial score (nSPS) is 22.8. The van der Waals surface area contributed by atoms with Gasteiger partial charge in [-0.05, 0) is 33.6 Å². The molecule has 1 heterocycles. The van der Waals surface area contributed by atoms with Crippen molar-refractivity contribution in [1.29, 1.82) is 0 Å². The van der Waals surface area contributed by atoms with Gasteiger partial charge in [0.1, 0.15) is 6.04 Å². The molecule has 0 aliphatic carbocycles. The zero-order chi connectivity index (χ0) is 11.6. The van der Waals surface area contributed by atoms with Crippen LogP contribution in [0.1, 0.15) is 33.6 Å². The van der Waals surface area contributed by atoms with Crippen LogP contribution in [0, 0.1) is 12.3 Å². The molecule has 1 unspecified atom stereocenters. The third kappa shape index (κ3) is 3.02. The summed E-state index contributed by atoms with van der Waals surface area (Å²) in [4.78, 5) is 27.9. The molecule has 85 valence electrons. The first-order valence-corrected chi connectivity index (χ1v) is 5.17. The van der Waals surface area contributed by atoms with Crippen LogP contribution in [-0.4, -0.2) is 29.4 Å². The predicted octanol–water partition coefficient (Wildman–Crippen LogP) is 1.36. The van der Waals surface area contributed by atoms with Crippen LogP contribution in [0.15, 0.2) is 0 Å². The second-order valence-electron chi connectivity index (χ2n) is 4.89. The van der Waals surface area contributed by atoms with Crippen molar-refractivity contribution in [3.63, 3.8) is 0 Å². The summed E-state index contributed by atoms with van der Waals surface area (Å²) in [5.74, 6) is -0.496. The molecule has 1 radical (unpaired) electrons. The lowest BCUT2D eigenvalue weighted by molar-refractivity contribution is -0.203. The number of nitrogens with zero attached hydrogens (tertiary/aromatic N) is 1. The van der Waals surface area contributed by atoms with E-state index < -0.39 is 5.41 Å². The molecule has 15 heavy (non-hydrogen) atoms. The first-order chi connectivity index (χ1) is 6.82. The summed E-state index contributed by atoms with van der Waals surface area (Å²) in [5.41, 5.74) is -0.544. The monoisotopic (exact) mass is 212 g/mol. The Morgan fingerprint density at radius 3 is 2.47 bits per heavy atom. The van der Waals surface area contributed by atoms with Gasteiger partial charge in [-0.3, -0.25) is 4.79 Å². The molecule has 4 heteroatoms. The zero-order valence-corrected chi connectivity index (χ0v) is 9.58. The highest BCUT2D eigenvalue weighted by Gasteiger charge is 2.34. The van der Waals surface area contributed by atoms with Crippen molar-refractivity contribution in [2.45, 2.75) is 39.7 Å². The molecule has 4 nitrogen and oxygen atoms in total. The highest BCUT2D eigenvalue weighted by Crippen LogP contribution is 2.22. The minimum Gasteiger partial charge on any atom is -0.367 e. The van der Waals surface area contributed by atoms with Crippen LogP contribution in [0.3, 0.4) is 0 Å². The van der Waals surface area contributed by atoms with E-state index in [0.717, 1.165) is 12.8 Å². The summed E-state index contributed by atoms with van der Waals surface area (Å²) in [6.45, 7) is 9.34. The van der Waals surface area contributed by atoms with E-state index in [1.54, 1.807) is 20.8 Å². The van der Waals surface area contributed by atoms with Crippen LogP contribution >= 0.6 is 0 Å². The predicted molar refractivity (Wildman–Crippen MR) is 55.6 cm³/mol. The van der Waals surface area contributed by atoms with Crippen LogP contribution in [0.25, 0.3) is 0 Å². The fraction of sp³-hybridized carbons (Fsp3) is 0.727. The maximum absolute atomic E-state index is 11.6. The van der Waals surface area contributed by atoms with Gasteiger partial charge in [0.2, 0.25) is 0 Å². The molecule has 0 N–H and O–H groups in total. The van der Waals surface area contributed by atoms with Gasteiger partial charge in [-0.25, -0.2) is 4.79 Å². The number of Topliss-reactive ketones (excluding diaryl/α,β-unsaturated/α-hetero) is 1. The van der Waals surface area contributed by atoms with E-state index in [4.69, 9.17) is 4.84 Å². The van der Waals surface area contributed by atoms with Crippen molar-refractivity contribution < 1.29 is 14.4 Å². The van der Waals surface area contributed by atoms with Crippen LogP contribution in [0.4, 0.5) is 0 Å². The molecule has 0 saturated carbocycles. The van der Waals surface area contributed by atoms with Gasteiger partial charge in [0.05, 0.1) is 5.41 Å². The molecule has 0 aromatic heterocycles. The van der Waals surface area contributed by atoms with Gasteiger partial charge < -0.3 is 4.84 Å². The van der Waals surface area contributed by atoms with Crippen molar-refractivity contribution in [3.8, 4) is 0 Å². The fourth-order valence-electron chi connectivity index (χ4n) is 1.41. The van der Waals surface area contributed by atoms with Crippen LogP contribution < -0.4 is 0 Å². The Balaban J connectivity index is 2.58. The molecule has 0 aromatic carbocycles. The van der Waals surface area contributed by atoms with E-state index in [2.05, 4.69) is 6.92 Å². The molecular weight excluding hydrogens is 194 g/mol. The van der Waals surface area contributed by atoms with Crippen LogP contribution in [0.5, 0.6) is 0 Å². The summed E-state index contributed by atoms with van der Waals surface area (Å²) in [6, 6.07) is -0.351. The summed E-state index contributed by atoms with van der Waals surface area (Å²) in [5, 5.41) is 1.46. The Bertz CT molecular complexity index is 267. The van der Waals surface area contributed by atoms with Crippen molar-refractivity contribution >= 4 is 11.8 Å². The lowest BCUT2D eigenvalue weighted by atomic mass is 9.98. The summed E-state index contributed by atoms with van der Waals surface area (Å²) in [7, 11) is 0. The van der Waals surface area contributed by atoms with Crippen molar-refractivity contribution in [3.05, 3.63) is 6.92 Å². The third-order valence-corrected chi connectivity index (χ3v) is 2.39. The Hall–Kier alpha value is -0.900. The van der Waals surface area contributed by atoms with Gasteiger partial charge in [0.25, 0.3) is 0 Å². The van der Waals surface area contributed by atoms with Crippen molar-refractivity contribution in [2.24, 2.45) is 5.41 Å². The molecule has 1 rings (SSSR count). The minimum atomic E-state index is -0.544. The van der Waals surface area contributed by atoms with E-state index in [9.17, 15) is 9.59 Å². The average Bonchev–Trinajstić information content (AvgIpc) is 2.50. The van der Waals surface area contributed by atoms with E-state index in [1.807, 2.05) is 0 Å². The number of hydrogen-bond donors (Lipinski definition) is 0. The van der Waals surface area contributed by atoms with Gasteiger partial charge in [-0.2, -0.15) is 0 Å².